The highest BCUT2D eigenvalue weighted by molar-refractivity contribution is 7.98. The van der Waals surface area contributed by atoms with Crippen LogP contribution in [-0.4, -0.2) is 51.1 Å². The van der Waals surface area contributed by atoms with Gasteiger partial charge in [0, 0.05) is 66.7 Å². The molecule has 2 fully saturated rings. The highest BCUT2D eigenvalue weighted by Crippen LogP contribution is 2.36. The van der Waals surface area contributed by atoms with Gasteiger partial charge in [0.1, 0.15) is 5.69 Å². The second-order valence-corrected chi connectivity index (χ2v) is 9.29. The van der Waals surface area contributed by atoms with Crippen LogP contribution in [-0.2, 0) is 0 Å². The van der Waals surface area contributed by atoms with Crippen molar-refractivity contribution in [1.82, 2.24) is 18.8 Å². The first-order chi connectivity index (χ1) is 15.7. The third kappa shape index (κ3) is 3.34. The summed E-state index contributed by atoms with van der Waals surface area (Å²) in [6.45, 7) is 3.41. The average molecular weight is 450 g/mol. The van der Waals surface area contributed by atoms with Gasteiger partial charge in [-0.1, -0.05) is 6.07 Å². The number of pyridine rings is 2. The number of hydrogen-bond donors (Lipinski definition) is 0. The lowest BCUT2D eigenvalue weighted by molar-refractivity contribution is 0.308. The minimum Gasteiger partial charge on any atom is -0.361 e. The maximum atomic E-state index is 15.1. The molecule has 0 radical (unpaired) electrons. The summed E-state index contributed by atoms with van der Waals surface area (Å²) in [6, 6.07) is 10.8. The van der Waals surface area contributed by atoms with Gasteiger partial charge in [-0.2, -0.15) is 0 Å². The van der Waals surface area contributed by atoms with Crippen LogP contribution < -0.4 is 4.90 Å². The Bertz CT molecular complexity index is 1270. The van der Waals surface area contributed by atoms with Crippen molar-refractivity contribution in [3.63, 3.8) is 0 Å². The first kappa shape index (κ1) is 19.7. The molecule has 5 heterocycles. The highest BCUT2D eigenvalue weighted by atomic mass is 32.2. The van der Waals surface area contributed by atoms with Gasteiger partial charge in [-0.15, -0.1) is 0 Å². The van der Waals surface area contributed by atoms with E-state index < -0.39 is 11.6 Å². The normalized spacial score (nSPS) is 20.2. The van der Waals surface area contributed by atoms with Gasteiger partial charge in [-0.05, 0) is 48.7 Å². The van der Waals surface area contributed by atoms with E-state index in [1.54, 1.807) is 18.6 Å². The molecule has 0 saturated carbocycles. The van der Waals surface area contributed by atoms with Crippen molar-refractivity contribution in [3.8, 4) is 11.3 Å². The van der Waals surface area contributed by atoms with E-state index in [2.05, 4.69) is 14.9 Å². The Balaban J connectivity index is 1.32. The Morgan fingerprint density at radius 1 is 1.00 bits per heavy atom. The Hall–Kier alpha value is -2.97. The van der Waals surface area contributed by atoms with Crippen LogP contribution in [0.2, 0.25) is 0 Å². The van der Waals surface area contributed by atoms with E-state index in [0.717, 1.165) is 48.2 Å². The number of aromatic nitrogens is 3. The van der Waals surface area contributed by atoms with Gasteiger partial charge in [0.15, 0.2) is 11.6 Å². The third-order valence-corrected chi connectivity index (χ3v) is 7.31. The predicted molar refractivity (Wildman–Crippen MR) is 123 cm³/mol. The quantitative estimate of drug-likeness (QED) is 0.446. The molecule has 0 aliphatic carbocycles. The first-order valence-corrected chi connectivity index (χ1v) is 11.5. The SMILES string of the molecule is Fc1cc(Sn2ccc3c(-c4ccccn4)cncc32)cc(F)c1N1CCN2CCC1C2. The smallest absolute Gasteiger partial charge is 0.150 e. The number of hydrogen-bond acceptors (Lipinski definition) is 5. The lowest BCUT2D eigenvalue weighted by Gasteiger charge is -2.36. The zero-order valence-corrected chi connectivity index (χ0v) is 18.1. The van der Waals surface area contributed by atoms with Crippen LogP contribution in [0.5, 0.6) is 0 Å². The van der Waals surface area contributed by atoms with E-state index in [9.17, 15) is 0 Å². The van der Waals surface area contributed by atoms with Gasteiger partial charge >= 0.3 is 0 Å². The minimum absolute atomic E-state index is 0.109. The van der Waals surface area contributed by atoms with Crippen molar-refractivity contribution in [1.29, 1.82) is 0 Å². The molecule has 2 unspecified atom stereocenters. The number of piperazine rings is 1. The van der Waals surface area contributed by atoms with Gasteiger partial charge in [-0.25, -0.2) is 8.78 Å². The summed E-state index contributed by atoms with van der Waals surface area (Å²) in [7, 11) is 0. The van der Waals surface area contributed by atoms with Crippen LogP contribution in [0.1, 0.15) is 6.42 Å². The molecule has 162 valence electrons. The molecule has 6 rings (SSSR count). The molecule has 1 aromatic carbocycles. The Kier molecular flexibility index (Phi) is 4.84. The maximum absolute atomic E-state index is 15.1. The Morgan fingerprint density at radius 3 is 2.69 bits per heavy atom. The molecule has 2 aliphatic heterocycles. The van der Waals surface area contributed by atoms with E-state index in [0.29, 0.717) is 11.4 Å². The molecule has 2 bridgehead atoms. The van der Waals surface area contributed by atoms with Crippen molar-refractivity contribution in [3.05, 3.63) is 72.8 Å². The van der Waals surface area contributed by atoms with Crippen LogP contribution in [0.25, 0.3) is 22.2 Å². The zero-order chi connectivity index (χ0) is 21.7. The van der Waals surface area contributed by atoms with Gasteiger partial charge < -0.3 is 4.90 Å². The fourth-order valence-corrected chi connectivity index (χ4v) is 5.72. The van der Waals surface area contributed by atoms with Gasteiger partial charge in [-0.3, -0.25) is 18.8 Å². The van der Waals surface area contributed by atoms with Crippen molar-refractivity contribution in [2.24, 2.45) is 0 Å². The van der Waals surface area contributed by atoms with Crippen LogP contribution in [0.15, 0.2) is 66.1 Å². The molecule has 5 nitrogen and oxygen atoms in total. The number of fused-ring (bicyclic) bond motifs is 3. The molecular formula is C24H21F2N5S. The van der Waals surface area contributed by atoms with Crippen molar-refractivity contribution in [2.45, 2.75) is 17.4 Å². The molecule has 4 aromatic rings. The summed E-state index contributed by atoms with van der Waals surface area (Å²) in [5.41, 5.74) is 2.73. The van der Waals surface area contributed by atoms with Gasteiger partial charge in [0.2, 0.25) is 0 Å². The molecule has 8 heteroatoms. The van der Waals surface area contributed by atoms with Crippen molar-refractivity contribution >= 4 is 28.5 Å². The summed E-state index contributed by atoms with van der Waals surface area (Å²) in [5.74, 6) is -1.01. The molecule has 3 aromatic heterocycles. The summed E-state index contributed by atoms with van der Waals surface area (Å²) in [5, 5.41) is 0.989. The van der Waals surface area contributed by atoms with Crippen LogP contribution in [0.4, 0.5) is 14.5 Å². The summed E-state index contributed by atoms with van der Waals surface area (Å²) < 4.78 is 32.1. The van der Waals surface area contributed by atoms with Gasteiger partial charge in [0.25, 0.3) is 0 Å². The van der Waals surface area contributed by atoms with Crippen molar-refractivity contribution < 1.29 is 8.78 Å². The summed E-state index contributed by atoms with van der Waals surface area (Å²) in [6.07, 6.45) is 8.14. The van der Waals surface area contributed by atoms with Crippen LogP contribution in [0, 0.1) is 11.6 Å². The molecule has 0 N–H and O–H groups in total. The van der Waals surface area contributed by atoms with E-state index >= 15 is 8.78 Å². The van der Waals surface area contributed by atoms with Crippen LogP contribution >= 0.6 is 11.9 Å². The largest absolute Gasteiger partial charge is 0.361 e. The number of anilines is 1. The second kappa shape index (κ2) is 7.86. The lowest BCUT2D eigenvalue weighted by Crippen LogP contribution is -2.47. The summed E-state index contributed by atoms with van der Waals surface area (Å²) >= 11 is 1.28. The average Bonchev–Trinajstić information content (AvgIpc) is 3.39. The Labute approximate surface area is 188 Å². The molecule has 2 aliphatic rings. The zero-order valence-electron chi connectivity index (χ0n) is 17.3. The van der Waals surface area contributed by atoms with E-state index in [1.165, 1.54) is 24.1 Å². The summed E-state index contributed by atoms with van der Waals surface area (Å²) in [4.78, 5) is 13.6. The molecule has 2 atom stereocenters. The number of rotatable bonds is 4. The van der Waals surface area contributed by atoms with Crippen molar-refractivity contribution in [2.75, 3.05) is 31.1 Å². The number of halogens is 2. The fraction of sp³-hybridized carbons (Fsp3) is 0.250. The highest BCUT2D eigenvalue weighted by Gasteiger charge is 2.35. The lowest BCUT2D eigenvalue weighted by atomic mass is 10.1. The number of nitrogens with zero attached hydrogens (tertiary/aromatic N) is 5. The standard InChI is InChI=1S/C24H21F2N5S/c25-20-11-17(12-21(26)24(20)30-10-9-29-7-4-16(30)15-29)32-31-8-5-18-19(13-27-14-23(18)31)22-3-1-2-6-28-22/h1-3,5-6,8,11-14,16H,4,7,9-10,15H2. The maximum Gasteiger partial charge on any atom is 0.150 e. The topological polar surface area (TPSA) is 37.2 Å². The van der Waals surface area contributed by atoms with Gasteiger partial charge in [0.05, 0.1) is 17.4 Å². The molecule has 32 heavy (non-hydrogen) atoms. The predicted octanol–water partition coefficient (Wildman–Crippen LogP) is 4.83. The van der Waals surface area contributed by atoms with E-state index in [4.69, 9.17) is 0 Å². The van der Waals surface area contributed by atoms with Crippen LogP contribution in [0.3, 0.4) is 0 Å². The fourth-order valence-electron chi connectivity index (χ4n) is 4.82. The second-order valence-electron chi connectivity index (χ2n) is 8.24. The third-order valence-electron chi connectivity index (χ3n) is 6.35. The minimum atomic E-state index is -0.503. The first-order valence-electron chi connectivity index (χ1n) is 10.7. The number of benzene rings is 1. The Morgan fingerprint density at radius 2 is 1.88 bits per heavy atom. The van der Waals surface area contributed by atoms with E-state index in [1.807, 2.05) is 39.3 Å². The molecule has 0 spiro atoms. The molecule has 0 amide bonds. The monoisotopic (exact) mass is 449 g/mol. The molecular weight excluding hydrogens is 428 g/mol. The van der Waals surface area contributed by atoms with E-state index in [-0.39, 0.29) is 11.7 Å². The molecule has 2 saturated heterocycles.